The smallest absolute Gasteiger partial charge is 0.373 e. The van der Waals surface area contributed by atoms with Crippen molar-refractivity contribution in [3.05, 3.63) is 16.0 Å². The fourth-order valence-corrected chi connectivity index (χ4v) is 0.543. The van der Waals surface area contributed by atoms with Crippen molar-refractivity contribution in [2.45, 2.75) is 25.7 Å². The largest absolute Gasteiger partial charge is 1.00 e. The number of nitrogens with zero attached hydrogens (tertiary/aromatic N) is 3. The third kappa shape index (κ3) is 33.0. The first kappa shape index (κ1) is 17.7. The van der Waals surface area contributed by atoms with Crippen molar-refractivity contribution in [1.29, 1.82) is 0 Å². The van der Waals surface area contributed by atoms with Gasteiger partial charge in [0.2, 0.25) is 0 Å². The van der Waals surface area contributed by atoms with E-state index in [0.29, 0.717) is 12.8 Å². The Kier molecular flexibility index (Phi) is 33.2. The number of halogens is 2. The van der Waals surface area contributed by atoms with E-state index in [2.05, 4.69) is 0 Å². The van der Waals surface area contributed by atoms with Gasteiger partial charge in [-0.1, -0.05) is 12.8 Å². The molecule has 0 aliphatic heterocycles. The van der Waals surface area contributed by atoms with Gasteiger partial charge in [0.1, 0.15) is 0 Å². The predicted octanol–water partition coefficient (Wildman–Crippen LogP) is 0.356. The van der Waals surface area contributed by atoms with Crippen molar-refractivity contribution in [1.82, 2.24) is 0 Å². The van der Waals surface area contributed by atoms with E-state index in [0.717, 1.165) is 12.8 Å². The van der Waals surface area contributed by atoms with Crippen molar-refractivity contribution < 1.29 is 27.6 Å². The summed E-state index contributed by atoms with van der Waals surface area (Å²) in [6.07, 6.45) is 2.86. The van der Waals surface area contributed by atoms with Crippen molar-refractivity contribution in [3.63, 3.8) is 0 Å². The summed E-state index contributed by atoms with van der Waals surface area (Å²) in [5.41, 5.74) is 13.5. The fourth-order valence-electron chi connectivity index (χ4n) is 0.543. The Hall–Kier alpha value is -0.233. The van der Waals surface area contributed by atoms with Gasteiger partial charge in [-0.2, -0.15) is 0 Å². The van der Waals surface area contributed by atoms with Crippen LogP contribution in [0.5, 0.6) is 0 Å². The first-order valence-electron chi connectivity index (χ1n) is 3.43. The van der Waals surface area contributed by atoms with Crippen LogP contribution < -0.4 is 18.9 Å². The van der Waals surface area contributed by atoms with Gasteiger partial charge in [-0.3, -0.25) is 13.7 Å². The maximum Gasteiger partial charge on any atom is 1.00 e. The Morgan fingerprint density at radius 2 is 1.08 bits per heavy atom. The number of alkyl halides is 2. The molecule has 3 nitrogen and oxygen atoms in total. The molecule has 12 heavy (non-hydrogen) atoms. The van der Waals surface area contributed by atoms with Gasteiger partial charge in [0.25, 0.3) is 0 Å². The average Bonchev–Trinajstić information content (AvgIpc) is 2.00. The van der Waals surface area contributed by atoms with Gasteiger partial charge in [0.05, 0.1) is 13.3 Å². The molecule has 0 spiro atoms. The molecule has 0 aliphatic carbocycles. The first-order chi connectivity index (χ1) is 5.33. The quantitative estimate of drug-likeness (QED) is 0.188. The van der Waals surface area contributed by atoms with Crippen LogP contribution in [0.15, 0.2) is 0 Å². The topological polar surface area (TPSA) is 58.7 Å². The van der Waals surface area contributed by atoms with E-state index in [1.807, 2.05) is 0 Å². The molecule has 0 aromatic carbocycles. The number of unbranched alkanes of at least 4 members (excludes halogenated alkanes) is 3. The average molecular weight is 171 g/mol. The minimum Gasteiger partial charge on any atom is -0.373 e. The van der Waals surface area contributed by atoms with Gasteiger partial charge >= 0.3 is 18.9 Å². The second-order valence-electron chi connectivity index (χ2n) is 1.88. The zero-order chi connectivity index (χ0) is 8.95. The van der Waals surface area contributed by atoms with Crippen LogP contribution in [0.1, 0.15) is 25.7 Å². The fraction of sp³-hybridized carbons (Fsp3) is 1.00. The molecule has 0 rings (SSSR count). The van der Waals surface area contributed by atoms with Crippen LogP contribution in [-0.2, 0) is 0 Å². The summed E-state index contributed by atoms with van der Waals surface area (Å²) < 4.78 is 22.7. The molecule has 0 fully saturated rings. The summed E-state index contributed by atoms with van der Waals surface area (Å²) in [7, 11) is 0. The monoisotopic (exact) mass is 171 g/mol. The molecule has 0 amide bonds. The van der Waals surface area contributed by atoms with Crippen LogP contribution in [0.25, 0.3) is 16.0 Å². The molecule has 0 aliphatic rings. The zero-order valence-corrected chi connectivity index (χ0v) is 7.34. The summed E-state index contributed by atoms with van der Waals surface area (Å²) in [4.78, 5) is 1.50. The Labute approximate surface area is 83.1 Å². The normalized spacial score (nSPS) is 7.17. The third-order valence-corrected chi connectivity index (χ3v) is 1.02. The molecule has 0 aromatic heterocycles. The second-order valence-corrected chi connectivity index (χ2v) is 1.88. The molecule has 0 N–H and O–H groups in total. The maximum atomic E-state index is 11.3. The van der Waals surface area contributed by atoms with Gasteiger partial charge in [-0.25, -0.2) is 0 Å². The Bertz CT molecular complexity index is 90.8. The number of hydrogen-bond donors (Lipinski definition) is 0. The number of hydrogen-bond acceptors (Lipinski definition) is 0. The molecule has 0 heterocycles. The Morgan fingerprint density at radius 3 is 1.25 bits per heavy atom. The molecule has 6 heteroatoms. The summed E-state index contributed by atoms with van der Waals surface area (Å²) >= 11 is 0. The van der Waals surface area contributed by atoms with Gasteiger partial charge in [-0.05, 0) is 12.8 Å². The molecule has 0 radical (unpaired) electrons. The van der Waals surface area contributed by atoms with E-state index in [9.17, 15) is 8.78 Å². The molecule has 0 unspecified atom stereocenters. The molecule has 0 atom stereocenters. The van der Waals surface area contributed by atoms with Gasteiger partial charge < -0.3 is 11.1 Å². The van der Waals surface area contributed by atoms with Crippen molar-refractivity contribution in [2.24, 2.45) is 0 Å². The zero-order valence-electron chi connectivity index (χ0n) is 7.34. The van der Waals surface area contributed by atoms with Crippen LogP contribution in [-0.4, -0.2) is 13.3 Å². The van der Waals surface area contributed by atoms with Crippen LogP contribution in [0.2, 0.25) is 0 Å². The van der Waals surface area contributed by atoms with Gasteiger partial charge in [0, 0.05) is 0 Å². The van der Waals surface area contributed by atoms with E-state index in [1.54, 1.807) is 0 Å². The third-order valence-electron chi connectivity index (χ3n) is 1.02. The Morgan fingerprint density at radius 1 is 0.833 bits per heavy atom. The summed E-state index contributed by atoms with van der Waals surface area (Å²) in [6.45, 7) is -0.515. The predicted molar refractivity (Wildman–Crippen MR) is 40.5 cm³/mol. The van der Waals surface area contributed by atoms with Crippen molar-refractivity contribution in [3.8, 4) is 0 Å². The van der Waals surface area contributed by atoms with Crippen molar-refractivity contribution >= 4 is 0 Å². The van der Waals surface area contributed by atoms with Gasteiger partial charge in [0.15, 0.2) is 0 Å². The van der Waals surface area contributed by atoms with Crippen LogP contribution in [0.3, 0.4) is 0 Å². The Balaban J connectivity index is -0.000000177. The molecule has 0 aromatic rings. The number of rotatable bonds is 5. The minimum absolute atomic E-state index is 0. The van der Waals surface area contributed by atoms with Crippen LogP contribution in [0, 0.1) is 0 Å². The van der Waals surface area contributed by atoms with E-state index < -0.39 is 0 Å². The molecule has 66 valence electrons. The molecule has 0 saturated carbocycles. The standard InChI is InChI=1S/C6H12F2.Li.N3/c7-5-3-1-2-4-6-8;;1-3-2/h1-6H2;;/q;+1;-1. The van der Waals surface area contributed by atoms with Crippen LogP contribution >= 0.6 is 0 Å². The summed E-state index contributed by atoms with van der Waals surface area (Å²) in [5.74, 6) is 0. The SMILES string of the molecule is FCCCCCCF.[Li+].[N-]=[N+]=[N-]. The van der Waals surface area contributed by atoms with E-state index in [-0.39, 0.29) is 32.2 Å². The summed E-state index contributed by atoms with van der Waals surface area (Å²) in [5, 5.41) is 0. The second kappa shape index (κ2) is 22.4. The van der Waals surface area contributed by atoms with E-state index in [4.69, 9.17) is 11.1 Å². The maximum absolute atomic E-state index is 11.3. The van der Waals surface area contributed by atoms with E-state index in [1.165, 1.54) is 4.91 Å². The van der Waals surface area contributed by atoms with E-state index >= 15 is 0 Å². The summed E-state index contributed by atoms with van der Waals surface area (Å²) in [6, 6.07) is 0. The molecule has 0 saturated heterocycles. The first-order valence-corrected chi connectivity index (χ1v) is 3.43. The van der Waals surface area contributed by atoms with Gasteiger partial charge in [-0.15, -0.1) is 0 Å². The molecular formula is C6H12F2LiN3. The van der Waals surface area contributed by atoms with Crippen LogP contribution in [0.4, 0.5) is 8.78 Å². The minimum atomic E-state index is -0.258. The van der Waals surface area contributed by atoms with Crippen molar-refractivity contribution in [2.75, 3.05) is 13.3 Å². The molecular weight excluding hydrogens is 159 g/mol. The molecule has 0 bridgehead atoms.